The van der Waals surface area contributed by atoms with Gasteiger partial charge in [0.05, 0.1) is 0 Å². The van der Waals surface area contributed by atoms with Crippen LogP contribution in [0.2, 0.25) is 0 Å². The second kappa shape index (κ2) is 9.93. The summed E-state index contributed by atoms with van der Waals surface area (Å²) in [4.78, 5) is 32.3. The van der Waals surface area contributed by atoms with Gasteiger partial charge < -0.3 is 10.4 Å². The van der Waals surface area contributed by atoms with Crippen LogP contribution in [0.1, 0.15) is 59.0 Å². The number of nitrogens with zero attached hydrogens (tertiary/aromatic N) is 2. The van der Waals surface area contributed by atoms with E-state index in [4.69, 9.17) is 0 Å². The second-order valence-electron chi connectivity index (χ2n) is 6.70. The third-order valence-electron chi connectivity index (χ3n) is 4.52. The molecule has 0 spiro atoms. The molecule has 0 unspecified atom stereocenters. The minimum absolute atomic E-state index is 0.164. The monoisotopic (exact) mass is 409 g/mol. The molecular formula is C22H23N3O3S. The van der Waals surface area contributed by atoms with E-state index in [9.17, 15) is 14.7 Å². The molecule has 7 heteroatoms. The predicted molar refractivity (Wildman–Crippen MR) is 115 cm³/mol. The lowest BCUT2D eigenvalue weighted by Crippen LogP contribution is -2.13. The number of nitrogens with one attached hydrogen (secondary N) is 1. The van der Waals surface area contributed by atoms with Crippen molar-refractivity contribution >= 4 is 28.2 Å². The SMILES string of the molecule is CCCCCCc1ccc(C(=O)Nc2sc(-c3ccncc3)nc2C(=O)O)cc1. The van der Waals surface area contributed by atoms with E-state index in [2.05, 4.69) is 22.2 Å². The number of carbonyl (C=O) groups is 2. The molecule has 2 N–H and O–H groups in total. The first-order valence-corrected chi connectivity index (χ1v) is 10.4. The number of unbranched alkanes of at least 4 members (excludes halogenated alkanes) is 3. The lowest BCUT2D eigenvalue weighted by Gasteiger charge is -2.05. The summed E-state index contributed by atoms with van der Waals surface area (Å²) >= 11 is 1.13. The fraction of sp³-hybridized carbons (Fsp3) is 0.273. The minimum atomic E-state index is -1.18. The van der Waals surface area contributed by atoms with Gasteiger partial charge >= 0.3 is 5.97 Å². The molecule has 0 fully saturated rings. The van der Waals surface area contributed by atoms with Crippen LogP contribution >= 0.6 is 11.3 Å². The average molecular weight is 410 g/mol. The van der Waals surface area contributed by atoms with Gasteiger partial charge in [-0.25, -0.2) is 9.78 Å². The third kappa shape index (κ3) is 5.48. The largest absolute Gasteiger partial charge is 0.476 e. The van der Waals surface area contributed by atoms with Crippen LogP contribution in [0.4, 0.5) is 5.00 Å². The summed E-state index contributed by atoms with van der Waals surface area (Å²) in [7, 11) is 0. The van der Waals surface area contributed by atoms with Crippen molar-refractivity contribution in [3.8, 4) is 10.6 Å². The van der Waals surface area contributed by atoms with E-state index >= 15 is 0 Å². The molecule has 0 aliphatic rings. The normalized spacial score (nSPS) is 10.7. The smallest absolute Gasteiger partial charge is 0.357 e. The van der Waals surface area contributed by atoms with E-state index < -0.39 is 5.97 Å². The van der Waals surface area contributed by atoms with E-state index in [1.54, 1.807) is 36.7 Å². The maximum Gasteiger partial charge on any atom is 0.357 e. The van der Waals surface area contributed by atoms with Crippen molar-refractivity contribution in [2.45, 2.75) is 39.0 Å². The number of thiazole rings is 1. The Hall–Kier alpha value is -3.06. The number of carboxylic acid groups (broad SMARTS) is 1. The lowest BCUT2D eigenvalue weighted by atomic mass is 10.0. The maximum absolute atomic E-state index is 12.6. The van der Waals surface area contributed by atoms with Crippen LogP contribution in [0.15, 0.2) is 48.8 Å². The Bertz CT molecular complexity index is 969. The van der Waals surface area contributed by atoms with E-state index in [-0.39, 0.29) is 16.6 Å². The van der Waals surface area contributed by atoms with Gasteiger partial charge in [-0.1, -0.05) is 49.7 Å². The van der Waals surface area contributed by atoms with Crippen molar-refractivity contribution < 1.29 is 14.7 Å². The van der Waals surface area contributed by atoms with Crippen LogP contribution in [0.25, 0.3) is 10.6 Å². The summed E-state index contributed by atoms with van der Waals surface area (Å²) in [6.07, 6.45) is 9.01. The number of hydrogen-bond donors (Lipinski definition) is 2. The van der Waals surface area contributed by atoms with Gasteiger partial charge in [0.15, 0.2) is 5.69 Å². The summed E-state index contributed by atoms with van der Waals surface area (Å²) in [5.74, 6) is -1.53. The van der Waals surface area contributed by atoms with Gasteiger partial charge in [0.1, 0.15) is 10.0 Å². The lowest BCUT2D eigenvalue weighted by molar-refractivity contribution is 0.0692. The number of anilines is 1. The van der Waals surface area contributed by atoms with Gasteiger partial charge in [-0.2, -0.15) is 0 Å². The number of aryl methyl sites for hydroxylation is 1. The van der Waals surface area contributed by atoms with Gasteiger partial charge in [0, 0.05) is 23.5 Å². The molecule has 3 rings (SSSR count). The summed E-state index contributed by atoms with van der Waals surface area (Å²) in [6, 6.07) is 10.9. The number of benzene rings is 1. The van der Waals surface area contributed by atoms with Gasteiger partial charge in [-0.15, -0.1) is 0 Å². The van der Waals surface area contributed by atoms with E-state index in [1.165, 1.54) is 24.8 Å². The van der Waals surface area contributed by atoms with Crippen LogP contribution in [0, 0.1) is 0 Å². The summed E-state index contributed by atoms with van der Waals surface area (Å²) < 4.78 is 0. The van der Waals surface area contributed by atoms with Gasteiger partial charge in [-0.05, 0) is 42.7 Å². The Morgan fingerprint density at radius 2 is 1.76 bits per heavy atom. The Labute approximate surface area is 173 Å². The first kappa shape index (κ1) is 20.7. The zero-order valence-corrected chi connectivity index (χ0v) is 17.0. The molecule has 0 aliphatic heterocycles. The number of carbonyl (C=O) groups excluding carboxylic acids is 1. The molecule has 0 aliphatic carbocycles. The van der Waals surface area contributed by atoms with Crippen LogP contribution in [-0.4, -0.2) is 27.0 Å². The second-order valence-corrected chi connectivity index (χ2v) is 7.70. The van der Waals surface area contributed by atoms with Crippen molar-refractivity contribution in [1.82, 2.24) is 9.97 Å². The molecule has 6 nitrogen and oxygen atoms in total. The first-order valence-electron chi connectivity index (χ1n) is 9.63. The van der Waals surface area contributed by atoms with Crippen LogP contribution in [0.3, 0.4) is 0 Å². The number of carboxylic acids is 1. The van der Waals surface area contributed by atoms with Crippen molar-refractivity contribution in [2.24, 2.45) is 0 Å². The van der Waals surface area contributed by atoms with E-state index in [0.29, 0.717) is 10.6 Å². The Morgan fingerprint density at radius 1 is 1.03 bits per heavy atom. The fourth-order valence-electron chi connectivity index (χ4n) is 2.92. The standard InChI is InChI=1S/C22H23N3O3S/c1-2-3-4-5-6-15-7-9-16(10-8-15)19(26)25-21-18(22(27)28)24-20(29-21)17-11-13-23-14-12-17/h7-14H,2-6H2,1H3,(H,25,26)(H,27,28). The number of hydrogen-bond acceptors (Lipinski definition) is 5. The van der Waals surface area contributed by atoms with Crippen molar-refractivity contribution in [3.05, 3.63) is 65.6 Å². The highest BCUT2D eigenvalue weighted by Gasteiger charge is 2.20. The average Bonchev–Trinajstić information content (AvgIpc) is 3.16. The summed E-state index contributed by atoms with van der Waals surface area (Å²) in [5, 5.41) is 12.9. The topological polar surface area (TPSA) is 92.2 Å². The van der Waals surface area contributed by atoms with Crippen LogP contribution in [-0.2, 0) is 6.42 Å². The number of rotatable bonds is 9. The zero-order valence-electron chi connectivity index (χ0n) is 16.2. The molecular weight excluding hydrogens is 386 g/mol. The van der Waals surface area contributed by atoms with Crippen molar-refractivity contribution in [1.29, 1.82) is 0 Å². The molecule has 1 amide bonds. The molecule has 1 aromatic carbocycles. The highest BCUT2D eigenvalue weighted by molar-refractivity contribution is 7.19. The van der Waals surface area contributed by atoms with Crippen LogP contribution < -0.4 is 5.32 Å². The van der Waals surface area contributed by atoms with Crippen molar-refractivity contribution in [2.75, 3.05) is 5.32 Å². The Kier molecular flexibility index (Phi) is 7.08. The van der Waals surface area contributed by atoms with E-state index in [0.717, 1.165) is 29.7 Å². The Balaban J connectivity index is 1.71. The fourth-order valence-corrected chi connectivity index (χ4v) is 3.88. The predicted octanol–water partition coefficient (Wildman–Crippen LogP) is 5.28. The first-order chi connectivity index (χ1) is 14.1. The molecule has 29 heavy (non-hydrogen) atoms. The molecule has 3 aromatic rings. The molecule has 0 radical (unpaired) electrons. The van der Waals surface area contributed by atoms with E-state index in [1.807, 2.05) is 12.1 Å². The maximum atomic E-state index is 12.6. The molecule has 0 atom stereocenters. The number of aromatic nitrogens is 2. The molecule has 150 valence electrons. The summed E-state index contributed by atoms with van der Waals surface area (Å²) in [6.45, 7) is 2.19. The number of pyridine rings is 1. The third-order valence-corrected chi connectivity index (χ3v) is 5.54. The quantitative estimate of drug-likeness (QED) is 0.469. The van der Waals surface area contributed by atoms with Gasteiger partial charge in [0.2, 0.25) is 0 Å². The Morgan fingerprint density at radius 3 is 2.41 bits per heavy atom. The number of amides is 1. The van der Waals surface area contributed by atoms with Crippen molar-refractivity contribution in [3.63, 3.8) is 0 Å². The molecule has 2 heterocycles. The highest BCUT2D eigenvalue weighted by Crippen LogP contribution is 2.32. The number of aromatic carboxylic acids is 1. The molecule has 0 saturated carbocycles. The van der Waals surface area contributed by atoms with Gasteiger partial charge in [0.25, 0.3) is 5.91 Å². The van der Waals surface area contributed by atoms with Crippen LogP contribution in [0.5, 0.6) is 0 Å². The molecule has 2 aromatic heterocycles. The molecule has 0 bridgehead atoms. The minimum Gasteiger partial charge on any atom is -0.476 e. The summed E-state index contributed by atoms with van der Waals surface area (Å²) in [5.41, 5.74) is 2.27. The zero-order chi connectivity index (χ0) is 20.6. The highest BCUT2D eigenvalue weighted by atomic mass is 32.1. The van der Waals surface area contributed by atoms with Gasteiger partial charge in [-0.3, -0.25) is 9.78 Å². The molecule has 0 saturated heterocycles.